The molecular weight excluding hydrogens is 264 g/mol. The molecule has 92 valence electrons. The first-order valence-corrected chi connectivity index (χ1v) is 5.21. The highest BCUT2D eigenvalue weighted by molar-refractivity contribution is 6.29. The predicted molar refractivity (Wildman–Crippen MR) is 61.6 cm³/mol. The number of carboxylic acids is 1. The Morgan fingerprint density at radius 1 is 1.22 bits per heavy atom. The Bertz CT molecular complexity index is 631. The lowest BCUT2D eigenvalue weighted by Gasteiger charge is -2.07. The molecule has 0 fully saturated rings. The van der Waals surface area contributed by atoms with Gasteiger partial charge in [0.25, 0.3) is 0 Å². The van der Waals surface area contributed by atoms with Gasteiger partial charge in [0.05, 0.1) is 5.56 Å². The van der Waals surface area contributed by atoms with Crippen molar-refractivity contribution in [1.82, 2.24) is 4.98 Å². The molecule has 0 saturated heterocycles. The van der Waals surface area contributed by atoms with Crippen LogP contribution >= 0.6 is 11.6 Å². The average Bonchev–Trinajstić information content (AvgIpc) is 2.29. The second-order valence-corrected chi connectivity index (χ2v) is 3.87. The van der Waals surface area contributed by atoms with E-state index in [1.165, 1.54) is 0 Å². The molecule has 2 aromatic rings. The first-order valence-electron chi connectivity index (χ1n) is 4.83. The Balaban J connectivity index is 2.67. The van der Waals surface area contributed by atoms with Crippen LogP contribution in [-0.4, -0.2) is 16.1 Å². The van der Waals surface area contributed by atoms with Gasteiger partial charge in [-0.15, -0.1) is 0 Å². The first-order chi connectivity index (χ1) is 8.49. The fourth-order valence-electron chi connectivity index (χ4n) is 1.53. The molecule has 0 radical (unpaired) electrons. The molecule has 0 spiro atoms. The highest BCUT2D eigenvalue weighted by atomic mass is 35.5. The fourth-order valence-corrected chi connectivity index (χ4v) is 1.69. The number of nitrogens with zero attached hydrogens (tertiary/aromatic N) is 1. The van der Waals surface area contributed by atoms with Crippen LogP contribution in [0, 0.1) is 11.6 Å². The maximum atomic E-state index is 13.6. The summed E-state index contributed by atoms with van der Waals surface area (Å²) in [6.45, 7) is 0. The van der Waals surface area contributed by atoms with Crippen molar-refractivity contribution in [2.45, 2.75) is 0 Å². The third kappa shape index (κ3) is 2.31. The van der Waals surface area contributed by atoms with Gasteiger partial charge in [0, 0.05) is 23.4 Å². The molecule has 0 aliphatic heterocycles. The molecule has 0 amide bonds. The van der Waals surface area contributed by atoms with E-state index >= 15 is 0 Å². The Labute approximate surface area is 106 Å². The summed E-state index contributed by atoms with van der Waals surface area (Å²) < 4.78 is 26.4. The van der Waals surface area contributed by atoms with Crippen molar-refractivity contribution >= 4 is 17.6 Å². The minimum Gasteiger partial charge on any atom is -0.478 e. The molecule has 0 saturated carbocycles. The molecule has 0 atom stereocenters. The van der Waals surface area contributed by atoms with E-state index in [0.717, 1.165) is 24.4 Å². The number of hydrogen-bond acceptors (Lipinski definition) is 2. The third-order valence-corrected chi connectivity index (χ3v) is 2.53. The number of halogens is 3. The Morgan fingerprint density at radius 3 is 2.56 bits per heavy atom. The molecule has 6 heteroatoms. The number of rotatable bonds is 2. The van der Waals surface area contributed by atoms with Gasteiger partial charge < -0.3 is 5.11 Å². The van der Waals surface area contributed by atoms with Gasteiger partial charge in [-0.25, -0.2) is 18.6 Å². The molecule has 0 unspecified atom stereocenters. The molecule has 1 heterocycles. The van der Waals surface area contributed by atoms with Crippen LogP contribution < -0.4 is 0 Å². The summed E-state index contributed by atoms with van der Waals surface area (Å²) in [5.41, 5.74) is -0.192. The number of aromatic carboxylic acids is 1. The third-order valence-electron chi connectivity index (χ3n) is 2.32. The van der Waals surface area contributed by atoms with E-state index in [-0.39, 0.29) is 21.8 Å². The number of hydrogen-bond donors (Lipinski definition) is 1. The van der Waals surface area contributed by atoms with E-state index < -0.39 is 17.6 Å². The van der Waals surface area contributed by atoms with E-state index in [1.807, 2.05) is 0 Å². The van der Waals surface area contributed by atoms with Crippen molar-refractivity contribution in [3.8, 4) is 11.1 Å². The smallest absolute Gasteiger partial charge is 0.336 e. The minimum absolute atomic E-state index is 0.0151. The number of aromatic nitrogens is 1. The van der Waals surface area contributed by atoms with Gasteiger partial charge in [-0.2, -0.15) is 0 Å². The second kappa shape index (κ2) is 4.70. The lowest BCUT2D eigenvalue weighted by molar-refractivity contribution is 0.0697. The van der Waals surface area contributed by atoms with Crippen molar-refractivity contribution in [2.75, 3.05) is 0 Å². The van der Waals surface area contributed by atoms with Crippen LogP contribution in [0.1, 0.15) is 10.4 Å². The maximum Gasteiger partial charge on any atom is 0.336 e. The molecule has 2 rings (SSSR count). The highest BCUT2D eigenvalue weighted by Gasteiger charge is 2.16. The molecular formula is C12H6ClF2NO2. The Morgan fingerprint density at radius 2 is 1.94 bits per heavy atom. The molecule has 0 aliphatic carbocycles. The zero-order chi connectivity index (χ0) is 13.3. The monoisotopic (exact) mass is 269 g/mol. The molecule has 18 heavy (non-hydrogen) atoms. The quantitative estimate of drug-likeness (QED) is 0.850. The highest BCUT2D eigenvalue weighted by Crippen LogP contribution is 2.27. The van der Waals surface area contributed by atoms with Crippen molar-refractivity contribution in [1.29, 1.82) is 0 Å². The molecule has 1 N–H and O–H groups in total. The Hall–Kier alpha value is -2.01. The van der Waals surface area contributed by atoms with E-state index in [2.05, 4.69) is 4.98 Å². The number of pyridine rings is 1. The molecule has 3 nitrogen and oxygen atoms in total. The van der Waals surface area contributed by atoms with E-state index in [1.54, 1.807) is 0 Å². The summed E-state index contributed by atoms with van der Waals surface area (Å²) in [6, 6.07) is 3.98. The first kappa shape index (κ1) is 12.4. The van der Waals surface area contributed by atoms with Crippen molar-refractivity contribution in [3.63, 3.8) is 0 Å². The van der Waals surface area contributed by atoms with Crippen molar-refractivity contribution in [3.05, 3.63) is 52.8 Å². The number of benzene rings is 1. The minimum atomic E-state index is -1.27. The molecule has 0 bridgehead atoms. The second-order valence-electron chi connectivity index (χ2n) is 3.48. The standard InChI is InChI=1S/C12H6ClF2NO2/c13-11-4-8(12(17)18)9(5-16-11)7-2-1-6(14)3-10(7)15/h1-5H,(H,17,18). The van der Waals surface area contributed by atoms with Gasteiger partial charge in [-0.1, -0.05) is 11.6 Å². The largest absolute Gasteiger partial charge is 0.478 e. The van der Waals surface area contributed by atoms with Crippen LogP contribution in [0.25, 0.3) is 11.1 Å². The van der Waals surface area contributed by atoms with E-state index in [4.69, 9.17) is 16.7 Å². The van der Waals surface area contributed by atoms with Crippen LogP contribution in [0.5, 0.6) is 0 Å². The summed E-state index contributed by atoms with van der Waals surface area (Å²) >= 11 is 5.59. The van der Waals surface area contributed by atoms with E-state index in [9.17, 15) is 13.6 Å². The zero-order valence-electron chi connectivity index (χ0n) is 8.82. The summed E-state index contributed by atoms with van der Waals surface area (Å²) in [4.78, 5) is 14.7. The van der Waals surface area contributed by atoms with Crippen molar-refractivity contribution < 1.29 is 18.7 Å². The normalized spacial score (nSPS) is 10.4. The summed E-state index contributed by atoms with van der Waals surface area (Å²) in [6.07, 6.45) is 1.14. The van der Waals surface area contributed by atoms with Crippen LogP contribution in [-0.2, 0) is 0 Å². The van der Waals surface area contributed by atoms with Crippen LogP contribution in [0.2, 0.25) is 5.15 Å². The van der Waals surface area contributed by atoms with Crippen LogP contribution in [0.3, 0.4) is 0 Å². The summed E-state index contributed by atoms with van der Waals surface area (Å²) in [5, 5.41) is 9.00. The fraction of sp³-hybridized carbons (Fsp3) is 0. The molecule has 1 aromatic carbocycles. The number of carboxylic acid groups (broad SMARTS) is 1. The van der Waals surface area contributed by atoms with E-state index in [0.29, 0.717) is 6.07 Å². The molecule has 0 aliphatic rings. The van der Waals surface area contributed by atoms with Gasteiger partial charge in [0.1, 0.15) is 16.8 Å². The molecule has 1 aromatic heterocycles. The Kier molecular flexibility index (Phi) is 3.25. The predicted octanol–water partition coefficient (Wildman–Crippen LogP) is 3.38. The van der Waals surface area contributed by atoms with Crippen LogP contribution in [0.15, 0.2) is 30.5 Å². The average molecular weight is 270 g/mol. The van der Waals surface area contributed by atoms with Gasteiger partial charge >= 0.3 is 5.97 Å². The SMILES string of the molecule is O=C(O)c1cc(Cl)ncc1-c1ccc(F)cc1F. The van der Waals surface area contributed by atoms with Gasteiger partial charge in [0.15, 0.2) is 0 Å². The van der Waals surface area contributed by atoms with Crippen LogP contribution in [0.4, 0.5) is 8.78 Å². The van der Waals surface area contributed by atoms with Crippen molar-refractivity contribution in [2.24, 2.45) is 0 Å². The number of carbonyl (C=O) groups is 1. The van der Waals surface area contributed by atoms with Gasteiger partial charge in [-0.3, -0.25) is 0 Å². The lowest BCUT2D eigenvalue weighted by Crippen LogP contribution is -2.01. The summed E-state index contributed by atoms with van der Waals surface area (Å²) in [5.74, 6) is -2.87. The maximum absolute atomic E-state index is 13.6. The van der Waals surface area contributed by atoms with Gasteiger partial charge in [-0.05, 0) is 18.2 Å². The zero-order valence-corrected chi connectivity index (χ0v) is 9.58. The topological polar surface area (TPSA) is 50.2 Å². The lowest BCUT2D eigenvalue weighted by atomic mass is 10.0. The summed E-state index contributed by atoms with van der Waals surface area (Å²) in [7, 11) is 0. The van der Waals surface area contributed by atoms with Gasteiger partial charge in [0.2, 0.25) is 0 Å².